The lowest BCUT2D eigenvalue weighted by molar-refractivity contribution is -0.137. The summed E-state index contributed by atoms with van der Waals surface area (Å²) >= 11 is 0. The maximum Gasteiger partial charge on any atom is 0.243 e. The Labute approximate surface area is 447 Å². The highest BCUT2D eigenvalue weighted by Gasteiger charge is 2.36. The molecule has 0 aliphatic carbocycles. The quantitative estimate of drug-likeness (QED) is 0.0251. The van der Waals surface area contributed by atoms with Crippen molar-refractivity contribution in [3.05, 3.63) is 0 Å². The van der Waals surface area contributed by atoms with Gasteiger partial charge in [0.15, 0.2) is 23.8 Å². The van der Waals surface area contributed by atoms with Gasteiger partial charge in [0.25, 0.3) is 0 Å². The Morgan fingerprint density at radius 1 is 0.303 bits per heavy atom. The molecule has 0 aromatic rings. The fourth-order valence-electron chi connectivity index (χ4n) is 8.08. The van der Waals surface area contributed by atoms with Gasteiger partial charge in [-0.15, -0.1) is 0 Å². The Bertz CT molecular complexity index is 1730. The van der Waals surface area contributed by atoms with E-state index >= 15 is 0 Å². The predicted molar refractivity (Wildman–Crippen MR) is 293 cm³/mol. The number of carbonyl (C=O) groups is 8. The van der Waals surface area contributed by atoms with Crippen LogP contribution in [0.5, 0.6) is 0 Å². The molecule has 1 aliphatic heterocycles. The van der Waals surface area contributed by atoms with E-state index in [-0.39, 0.29) is 151 Å². The number of nitrogens with two attached hydrogens (primary N) is 8. The van der Waals surface area contributed by atoms with E-state index in [1.807, 2.05) is 55.4 Å². The molecule has 0 aromatic heterocycles. The summed E-state index contributed by atoms with van der Waals surface area (Å²) in [5.74, 6) is -7.56. The van der Waals surface area contributed by atoms with Crippen molar-refractivity contribution in [1.29, 1.82) is 0 Å². The number of nitrogens with one attached hydrogen (secondary N) is 8. The minimum Gasteiger partial charge on any atom is -0.370 e. The molecule has 0 aromatic carbocycles. The number of carbonyl (C=O) groups excluding carboxylic acids is 8. The highest BCUT2D eigenvalue weighted by atomic mass is 16.2. The number of nitrogens with zero attached hydrogens (tertiary/aromatic N) is 4. The fraction of sp³-hybridized carbons (Fsp3) is 0.750. The summed E-state index contributed by atoms with van der Waals surface area (Å²) in [6.45, 7) is 14.9. The molecule has 1 heterocycles. The van der Waals surface area contributed by atoms with E-state index in [4.69, 9.17) is 45.9 Å². The largest absolute Gasteiger partial charge is 0.370 e. The Hall–Kier alpha value is -7.16. The highest BCUT2D eigenvalue weighted by molar-refractivity contribution is 5.99. The van der Waals surface area contributed by atoms with Crippen molar-refractivity contribution >= 4 is 71.1 Å². The van der Waals surface area contributed by atoms with Crippen molar-refractivity contribution in [2.75, 3.05) is 26.2 Å². The molecule has 1 saturated heterocycles. The molecule has 24 N–H and O–H groups in total. The van der Waals surface area contributed by atoms with Crippen LogP contribution in [-0.4, -0.2) is 146 Å². The van der Waals surface area contributed by atoms with Crippen LogP contribution in [0, 0.1) is 23.7 Å². The van der Waals surface area contributed by atoms with Gasteiger partial charge in [-0.25, -0.2) is 0 Å². The minimum atomic E-state index is -1.30. The molecule has 0 spiro atoms. The first-order valence-corrected chi connectivity index (χ1v) is 26.2. The zero-order valence-corrected chi connectivity index (χ0v) is 45.9. The smallest absolute Gasteiger partial charge is 0.243 e. The summed E-state index contributed by atoms with van der Waals surface area (Å²) < 4.78 is 0. The van der Waals surface area contributed by atoms with Crippen LogP contribution in [0.15, 0.2) is 20.0 Å². The van der Waals surface area contributed by atoms with Crippen LogP contribution in [0.25, 0.3) is 0 Å². The monoisotopic (exact) mass is 1080 g/mol. The van der Waals surface area contributed by atoms with Gasteiger partial charge in [0.05, 0.1) is 0 Å². The SMILES string of the molecule is CC(C)C[C@H]1NC(=O)[C@H](CCCN=C(N)N)NC(=O)[C@@H](CC(C)C)NC(=O)[C@H](CCCN=C(N)N)NC(=O)[C@@H](CC(C)C)NC(=O)[C@H](CCCN=C(N)N)NC(=O)[C@@H](CC(C)C)NC(=O)[C@H](CCCN=C(N)N)NC1=O. The number of amides is 8. The van der Waals surface area contributed by atoms with Crippen LogP contribution in [0.4, 0.5) is 0 Å². The second kappa shape index (κ2) is 35.2. The standard InChI is InChI=1S/C48H92N20O8/c1-25(2)21-33-41(73)61-30(14-10-18-58-46(51)52)38(70)66-35(23-27(5)6)43(75)63-32(16-12-20-60-48(55)56)40(72)68-36(24-28(7)8)44(76)64-31(15-11-19-59-47(53)54)39(71)67-34(22-26(3)4)42(74)62-29(37(69)65-33)13-9-17-57-45(49)50/h25-36H,9-24H2,1-8H3,(H,61,73)(H,62,74)(H,63,75)(H,64,76)(H,65,69)(H,66,70)(H,67,71)(H,68,72)(H4,49,50,57)(H4,51,52,58)(H4,53,54,59)(H4,55,56,60)/t29-,30-,31-,32-,33+,34+,35+,36+/m0/s1. The first kappa shape index (κ1) is 66.9. The third kappa shape index (κ3) is 28.5. The number of hydrogen-bond acceptors (Lipinski definition) is 12. The molecule has 0 saturated carbocycles. The average Bonchev–Trinajstić information content (AvgIpc) is 3.30. The van der Waals surface area contributed by atoms with E-state index in [9.17, 15) is 38.4 Å². The van der Waals surface area contributed by atoms with E-state index in [1.54, 1.807) is 0 Å². The minimum absolute atomic E-state index is 0.0224. The molecule has 28 nitrogen and oxygen atoms in total. The van der Waals surface area contributed by atoms with E-state index in [2.05, 4.69) is 62.5 Å². The summed E-state index contributed by atoms with van der Waals surface area (Å²) in [6.07, 6.45) is 1.01. The number of hydrogen-bond donors (Lipinski definition) is 16. The number of guanidine groups is 4. The normalized spacial score (nSPS) is 22.9. The maximum atomic E-state index is 14.4. The van der Waals surface area contributed by atoms with E-state index < -0.39 is 95.6 Å². The van der Waals surface area contributed by atoms with E-state index in [0.717, 1.165) is 0 Å². The van der Waals surface area contributed by atoms with Crippen molar-refractivity contribution in [2.24, 2.45) is 89.5 Å². The van der Waals surface area contributed by atoms with Crippen molar-refractivity contribution in [2.45, 2.75) is 181 Å². The molecule has 1 rings (SSSR count). The van der Waals surface area contributed by atoms with Crippen molar-refractivity contribution in [3.8, 4) is 0 Å². The van der Waals surface area contributed by atoms with Crippen molar-refractivity contribution in [3.63, 3.8) is 0 Å². The Morgan fingerprint density at radius 3 is 0.592 bits per heavy atom. The van der Waals surface area contributed by atoms with Gasteiger partial charge in [-0.05, 0) is 101 Å². The summed E-state index contributed by atoms with van der Waals surface area (Å²) in [7, 11) is 0. The van der Waals surface area contributed by atoms with Gasteiger partial charge in [-0.1, -0.05) is 55.4 Å². The number of rotatable bonds is 24. The molecule has 0 radical (unpaired) electrons. The van der Waals surface area contributed by atoms with Crippen LogP contribution < -0.4 is 88.4 Å². The Balaban J connectivity index is 4.22. The zero-order chi connectivity index (χ0) is 57.7. The predicted octanol–water partition coefficient (Wildman–Crippen LogP) is -3.72. The molecule has 1 aliphatic rings. The first-order valence-electron chi connectivity index (χ1n) is 26.2. The Morgan fingerprint density at radius 2 is 0.447 bits per heavy atom. The number of aliphatic imine (C=N–C) groups is 4. The molecule has 0 bridgehead atoms. The molecule has 28 heteroatoms. The first-order chi connectivity index (χ1) is 35.6. The third-order valence-electron chi connectivity index (χ3n) is 11.7. The lowest BCUT2D eigenvalue weighted by Gasteiger charge is -2.30. The van der Waals surface area contributed by atoms with Gasteiger partial charge in [0.2, 0.25) is 47.3 Å². The van der Waals surface area contributed by atoms with Crippen LogP contribution in [0.2, 0.25) is 0 Å². The van der Waals surface area contributed by atoms with Gasteiger partial charge < -0.3 is 88.4 Å². The van der Waals surface area contributed by atoms with Gasteiger partial charge in [-0.3, -0.25) is 58.3 Å². The van der Waals surface area contributed by atoms with Gasteiger partial charge in [0.1, 0.15) is 48.3 Å². The van der Waals surface area contributed by atoms with Crippen LogP contribution in [0.1, 0.15) is 132 Å². The fourth-order valence-corrected chi connectivity index (χ4v) is 8.08. The molecular formula is C48H92N20O8. The topological polar surface area (TPSA) is 490 Å². The van der Waals surface area contributed by atoms with Gasteiger partial charge >= 0.3 is 0 Å². The molecule has 0 unspecified atom stereocenters. The second-order valence-electron chi connectivity index (χ2n) is 20.8. The molecule has 8 atom stereocenters. The summed E-state index contributed by atoms with van der Waals surface area (Å²) in [4.78, 5) is 131. The van der Waals surface area contributed by atoms with E-state index in [1.165, 1.54) is 0 Å². The second-order valence-corrected chi connectivity index (χ2v) is 20.8. The van der Waals surface area contributed by atoms with Crippen LogP contribution >= 0.6 is 0 Å². The Kier molecular flexibility index (Phi) is 30.9. The maximum absolute atomic E-state index is 14.4. The molecule has 1 fully saturated rings. The summed E-state index contributed by atoms with van der Waals surface area (Å²) in [5.41, 5.74) is 44.5. The molecular weight excluding hydrogens is 985 g/mol. The van der Waals surface area contributed by atoms with Crippen LogP contribution in [0.3, 0.4) is 0 Å². The van der Waals surface area contributed by atoms with Crippen molar-refractivity contribution in [1.82, 2.24) is 42.5 Å². The molecule has 76 heavy (non-hydrogen) atoms. The van der Waals surface area contributed by atoms with Crippen LogP contribution in [-0.2, 0) is 38.4 Å². The summed E-state index contributed by atoms with van der Waals surface area (Å²) in [5, 5.41) is 22.1. The van der Waals surface area contributed by atoms with Crippen molar-refractivity contribution < 1.29 is 38.4 Å². The third-order valence-corrected chi connectivity index (χ3v) is 11.7. The lowest BCUT2D eigenvalue weighted by atomic mass is 9.99. The van der Waals surface area contributed by atoms with E-state index in [0.29, 0.717) is 0 Å². The summed E-state index contributed by atoms with van der Waals surface area (Å²) in [6, 6.07) is -10.3. The molecule has 432 valence electrons. The van der Waals surface area contributed by atoms with Gasteiger partial charge in [-0.2, -0.15) is 0 Å². The zero-order valence-electron chi connectivity index (χ0n) is 45.9. The van der Waals surface area contributed by atoms with Gasteiger partial charge in [0, 0.05) is 26.2 Å². The lowest BCUT2D eigenvalue weighted by Crippen LogP contribution is -2.61. The average molecular weight is 1080 g/mol. The highest BCUT2D eigenvalue weighted by Crippen LogP contribution is 2.15. The molecule has 8 amide bonds.